The van der Waals surface area contributed by atoms with Crippen LogP contribution in [-0.2, 0) is 9.53 Å². The van der Waals surface area contributed by atoms with Crippen molar-refractivity contribution >= 4 is 23.1 Å². The summed E-state index contributed by atoms with van der Waals surface area (Å²) >= 11 is 0. The Labute approximate surface area is 240 Å². The standard InChI is InChI=1S/C33H33N5O3/c1-7-19-15(2)24-12-28-22(14-34)17(4)23(36-28)11-25-16(3)20(8-9-30(40)41-6)32(37-25)21-10-29(39)31-18(5)26(38-33(21)31)13-27(19)35-24/h11-13,16,20,37,39H,7-10H2,1-6H3/t16-,20-/m0/s1. The Hall–Kier alpha value is -4.51. The monoisotopic (exact) mass is 547 g/mol. The first-order chi connectivity index (χ1) is 19.7. The summed E-state index contributed by atoms with van der Waals surface area (Å²) in [5.41, 5.74) is 12.6. The number of allylic oxidation sites excluding steroid dienone is 12. The molecule has 208 valence electrons. The van der Waals surface area contributed by atoms with Crippen molar-refractivity contribution in [3.8, 4) is 6.07 Å². The minimum Gasteiger partial charge on any atom is -0.511 e. The van der Waals surface area contributed by atoms with Crippen molar-refractivity contribution in [2.45, 2.75) is 60.3 Å². The maximum atomic E-state index is 12.1. The zero-order valence-corrected chi connectivity index (χ0v) is 24.3. The lowest BCUT2D eigenvalue weighted by atomic mass is 9.86. The molecule has 6 aliphatic rings. The minimum atomic E-state index is -0.256. The van der Waals surface area contributed by atoms with Crippen LogP contribution >= 0.6 is 0 Å². The van der Waals surface area contributed by atoms with Crippen LogP contribution in [0.1, 0.15) is 60.3 Å². The van der Waals surface area contributed by atoms with Gasteiger partial charge in [0.1, 0.15) is 11.8 Å². The van der Waals surface area contributed by atoms with Gasteiger partial charge in [0.05, 0.1) is 46.9 Å². The topological polar surface area (TPSA) is 119 Å². The van der Waals surface area contributed by atoms with Crippen LogP contribution in [0.3, 0.4) is 0 Å². The fourth-order valence-electron chi connectivity index (χ4n) is 6.62. The van der Waals surface area contributed by atoms with Crippen molar-refractivity contribution in [2.24, 2.45) is 26.8 Å². The predicted molar refractivity (Wildman–Crippen MR) is 159 cm³/mol. The Kier molecular flexibility index (Phi) is 6.41. The van der Waals surface area contributed by atoms with E-state index in [1.807, 2.05) is 32.1 Å². The van der Waals surface area contributed by atoms with E-state index in [9.17, 15) is 15.2 Å². The molecule has 8 nitrogen and oxygen atoms in total. The Morgan fingerprint density at radius 2 is 1.83 bits per heavy atom. The van der Waals surface area contributed by atoms with Gasteiger partial charge in [0.25, 0.3) is 0 Å². The average molecular weight is 548 g/mol. The second kappa shape index (κ2) is 9.84. The number of ether oxygens (including phenoxy) is 1. The van der Waals surface area contributed by atoms with Gasteiger partial charge in [0.2, 0.25) is 0 Å². The highest BCUT2D eigenvalue weighted by Gasteiger charge is 2.41. The summed E-state index contributed by atoms with van der Waals surface area (Å²) in [6.07, 6.45) is 7.96. The minimum absolute atomic E-state index is 0.0147. The van der Waals surface area contributed by atoms with Gasteiger partial charge in [-0.2, -0.15) is 5.26 Å². The molecule has 1 aliphatic carbocycles. The number of carbonyl (C=O) groups excluding carboxylic acids is 1. The molecule has 2 N–H and O–H groups in total. The Balaban J connectivity index is 1.60. The fraction of sp³-hybridized carbons (Fsp3) is 0.364. The van der Waals surface area contributed by atoms with E-state index in [2.05, 4.69) is 32.2 Å². The number of nitriles is 1. The van der Waals surface area contributed by atoms with Gasteiger partial charge in [0, 0.05) is 47.2 Å². The number of aliphatic hydroxyl groups excluding tert-OH is 1. The lowest BCUT2D eigenvalue weighted by Crippen LogP contribution is -2.16. The third kappa shape index (κ3) is 4.10. The molecule has 0 spiro atoms. The maximum absolute atomic E-state index is 12.1. The summed E-state index contributed by atoms with van der Waals surface area (Å²) < 4.78 is 4.95. The van der Waals surface area contributed by atoms with Crippen molar-refractivity contribution < 1.29 is 14.6 Å². The zero-order chi connectivity index (χ0) is 29.2. The van der Waals surface area contributed by atoms with E-state index in [-0.39, 0.29) is 24.2 Å². The number of aliphatic imine (C=N–C) groups is 3. The first kappa shape index (κ1) is 26.7. The van der Waals surface area contributed by atoms with Crippen molar-refractivity contribution in [3.63, 3.8) is 0 Å². The molecule has 5 heterocycles. The van der Waals surface area contributed by atoms with Crippen LogP contribution in [-0.4, -0.2) is 35.3 Å². The molecule has 0 radical (unpaired) electrons. The molecule has 5 aliphatic heterocycles. The van der Waals surface area contributed by atoms with Gasteiger partial charge in [0.15, 0.2) is 0 Å². The summed E-state index contributed by atoms with van der Waals surface area (Å²) in [6, 6.07) is 2.35. The maximum Gasteiger partial charge on any atom is 0.305 e. The summed E-state index contributed by atoms with van der Waals surface area (Å²) in [7, 11) is 1.40. The molecule has 0 aromatic carbocycles. The summed E-state index contributed by atoms with van der Waals surface area (Å²) in [5.74, 6) is 0.0709. The summed E-state index contributed by atoms with van der Waals surface area (Å²) in [5, 5.41) is 24.9. The van der Waals surface area contributed by atoms with Crippen LogP contribution in [0.15, 0.2) is 106 Å². The largest absolute Gasteiger partial charge is 0.511 e. The smallest absolute Gasteiger partial charge is 0.305 e. The first-order valence-corrected chi connectivity index (χ1v) is 14.1. The van der Waals surface area contributed by atoms with Gasteiger partial charge in [-0.3, -0.25) is 4.79 Å². The number of fused-ring (bicyclic) bond motifs is 5. The second-order valence-electron chi connectivity index (χ2n) is 11.2. The molecule has 2 atom stereocenters. The van der Waals surface area contributed by atoms with Gasteiger partial charge in [-0.25, -0.2) is 15.0 Å². The third-order valence-electron chi connectivity index (χ3n) is 9.05. The third-order valence-corrected chi connectivity index (χ3v) is 9.05. The number of nitrogens with one attached hydrogen (secondary N) is 1. The molecule has 1 fully saturated rings. The number of rotatable bonds is 4. The number of hydrogen-bond acceptors (Lipinski definition) is 8. The van der Waals surface area contributed by atoms with Gasteiger partial charge in [-0.15, -0.1) is 0 Å². The van der Waals surface area contributed by atoms with Crippen LogP contribution in [0.5, 0.6) is 0 Å². The van der Waals surface area contributed by atoms with E-state index in [1.54, 1.807) is 0 Å². The fourth-order valence-corrected chi connectivity index (χ4v) is 6.62. The molecule has 41 heavy (non-hydrogen) atoms. The molecule has 0 amide bonds. The average Bonchev–Trinajstić information content (AvgIpc) is 3.70. The van der Waals surface area contributed by atoms with Crippen LogP contribution in [0, 0.1) is 23.2 Å². The van der Waals surface area contributed by atoms with Crippen LogP contribution in [0.4, 0.5) is 0 Å². The lowest BCUT2D eigenvalue weighted by molar-refractivity contribution is -0.140. The highest BCUT2D eigenvalue weighted by Crippen LogP contribution is 2.46. The second-order valence-corrected chi connectivity index (χ2v) is 11.2. The van der Waals surface area contributed by atoms with Crippen molar-refractivity contribution in [1.82, 2.24) is 5.32 Å². The Morgan fingerprint density at radius 1 is 1.10 bits per heavy atom. The van der Waals surface area contributed by atoms with Crippen LogP contribution in [0.25, 0.3) is 0 Å². The number of methoxy groups -OCH3 is 1. The SMILES string of the molecule is CCC1=C(C)C2=NC1=CC1=C(C)C3=C(O)CC(=C4NC(=CC5=NC(=C2)C(C#N)=C5C)[C@@H](C)[C@@H]4CCC(=O)OC)C3=N1. The predicted octanol–water partition coefficient (Wildman–Crippen LogP) is 6.13. The van der Waals surface area contributed by atoms with E-state index in [0.29, 0.717) is 29.9 Å². The van der Waals surface area contributed by atoms with Gasteiger partial charge < -0.3 is 15.2 Å². The highest BCUT2D eigenvalue weighted by atomic mass is 16.5. The van der Waals surface area contributed by atoms with Crippen molar-refractivity contribution in [1.29, 1.82) is 5.26 Å². The van der Waals surface area contributed by atoms with Crippen molar-refractivity contribution in [3.05, 3.63) is 91.5 Å². The molecule has 0 aromatic heterocycles. The van der Waals surface area contributed by atoms with Gasteiger partial charge >= 0.3 is 5.97 Å². The van der Waals surface area contributed by atoms with Gasteiger partial charge in [-0.05, 0) is 74.1 Å². The lowest BCUT2D eigenvalue weighted by Gasteiger charge is -2.17. The highest BCUT2D eigenvalue weighted by molar-refractivity contribution is 6.21. The van der Waals surface area contributed by atoms with E-state index in [1.165, 1.54) is 7.11 Å². The summed E-state index contributed by atoms with van der Waals surface area (Å²) in [4.78, 5) is 27.1. The van der Waals surface area contributed by atoms with E-state index in [4.69, 9.17) is 19.7 Å². The van der Waals surface area contributed by atoms with Crippen molar-refractivity contribution in [2.75, 3.05) is 7.11 Å². The van der Waals surface area contributed by atoms with E-state index >= 15 is 0 Å². The van der Waals surface area contributed by atoms with Crippen LogP contribution < -0.4 is 5.32 Å². The number of carbonyl (C=O) groups is 1. The number of esters is 1. The molecule has 0 aromatic rings. The Morgan fingerprint density at radius 3 is 2.54 bits per heavy atom. The van der Waals surface area contributed by atoms with E-state index in [0.717, 1.165) is 79.8 Å². The first-order valence-electron chi connectivity index (χ1n) is 14.1. The number of aliphatic hydroxyl groups is 1. The quantitative estimate of drug-likeness (QED) is 0.410. The molecular weight excluding hydrogens is 514 g/mol. The molecule has 8 bridgehead atoms. The number of nitrogens with zero attached hydrogens (tertiary/aromatic N) is 4. The van der Waals surface area contributed by atoms with E-state index < -0.39 is 0 Å². The molecule has 8 heteroatoms. The molecular formula is C33H33N5O3. The zero-order valence-electron chi connectivity index (χ0n) is 24.3. The normalized spacial score (nSPS) is 24.8. The Bertz CT molecular complexity index is 1720. The molecule has 0 unspecified atom stereocenters. The number of hydrogen-bond donors (Lipinski definition) is 2. The van der Waals surface area contributed by atoms with Crippen LogP contribution in [0.2, 0.25) is 0 Å². The van der Waals surface area contributed by atoms with Gasteiger partial charge in [-0.1, -0.05) is 13.8 Å². The summed E-state index contributed by atoms with van der Waals surface area (Å²) in [6.45, 7) is 10.2. The molecule has 6 rings (SSSR count). The molecule has 0 saturated carbocycles. The molecule has 1 saturated heterocycles.